The Morgan fingerprint density at radius 1 is 1.03 bits per heavy atom. The van der Waals surface area contributed by atoms with Crippen LogP contribution in [-0.2, 0) is 14.3 Å². The molecule has 2 heterocycles. The minimum Gasteiger partial charge on any atom is -0.497 e. The van der Waals surface area contributed by atoms with Gasteiger partial charge in [0.25, 0.3) is 0 Å². The van der Waals surface area contributed by atoms with Crippen LogP contribution >= 0.6 is 0 Å². The normalized spacial score (nSPS) is 19.3. The number of hydrogen-bond donors (Lipinski definition) is 1. The van der Waals surface area contributed by atoms with Crippen LogP contribution in [-0.4, -0.2) is 51.8 Å². The molecule has 0 unspecified atom stereocenters. The Labute approximate surface area is 170 Å². The zero-order valence-corrected chi connectivity index (χ0v) is 16.5. The van der Waals surface area contributed by atoms with Crippen molar-refractivity contribution in [3.05, 3.63) is 48.5 Å². The summed E-state index contributed by atoms with van der Waals surface area (Å²) < 4.78 is 10.5. The Hall–Kier alpha value is -3.06. The second kappa shape index (κ2) is 8.53. The van der Waals surface area contributed by atoms with Gasteiger partial charge in [0.05, 0.1) is 26.2 Å². The van der Waals surface area contributed by atoms with Crippen molar-refractivity contribution in [3.8, 4) is 5.75 Å². The number of hydrogen-bond acceptors (Lipinski definition) is 5. The third kappa shape index (κ3) is 4.35. The van der Waals surface area contributed by atoms with Gasteiger partial charge in [0, 0.05) is 43.1 Å². The van der Waals surface area contributed by atoms with Gasteiger partial charge in [0.1, 0.15) is 5.75 Å². The molecule has 7 nitrogen and oxygen atoms in total. The molecule has 2 aliphatic rings. The summed E-state index contributed by atoms with van der Waals surface area (Å²) >= 11 is 0. The fraction of sp³-hybridized carbons (Fsp3) is 0.364. The van der Waals surface area contributed by atoms with Crippen LogP contribution < -0.4 is 19.9 Å². The van der Waals surface area contributed by atoms with Crippen LogP contribution in [0.2, 0.25) is 0 Å². The number of nitrogens with zero attached hydrogens (tertiary/aromatic N) is 2. The van der Waals surface area contributed by atoms with Crippen molar-refractivity contribution in [1.82, 2.24) is 0 Å². The second-order valence-electron chi connectivity index (χ2n) is 7.24. The quantitative estimate of drug-likeness (QED) is 0.842. The fourth-order valence-electron chi connectivity index (χ4n) is 3.72. The van der Waals surface area contributed by atoms with Crippen molar-refractivity contribution in [2.24, 2.45) is 5.92 Å². The number of carbonyl (C=O) groups excluding carboxylic acids is 2. The number of amides is 2. The van der Waals surface area contributed by atoms with Crippen molar-refractivity contribution in [1.29, 1.82) is 0 Å². The maximum Gasteiger partial charge on any atom is 0.229 e. The zero-order valence-electron chi connectivity index (χ0n) is 16.5. The minimum atomic E-state index is -0.372. The molecule has 2 aromatic rings. The van der Waals surface area contributed by atoms with E-state index in [0.29, 0.717) is 6.54 Å². The van der Waals surface area contributed by atoms with E-state index in [9.17, 15) is 9.59 Å². The van der Waals surface area contributed by atoms with Gasteiger partial charge in [-0.05, 0) is 48.5 Å². The Morgan fingerprint density at radius 3 is 2.34 bits per heavy atom. The van der Waals surface area contributed by atoms with Crippen molar-refractivity contribution in [2.45, 2.75) is 6.42 Å². The summed E-state index contributed by atoms with van der Waals surface area (Å²) in [5, 5.41) is 2.94. The molecular weight excluding hydrogens is 370 g/mol. The van der Waals surface area contributed by atoms with Gasteiger partial charge in [-0.15, -0.1) is 0 Å². The van der Waals surface area contributed by atoms with Crippen LogP contribution in [0.4, 0.5) is 17.1 Å². The summed E-state index contributed by atoms with van der Waals surface area (Å²) in [4.78, 5) is 29.0. The molecule has 2 saturated heterocycles. The summed E-state index contributed by atoms with van der Waals surface area (Å²) in [6.45, 7) is 3.59. The zero-order chi connectivity index (χ0) is 20.2. The fourth-order valence-corrected chi connectivity index (χ4v) is 3.72. The lowest BCUT2D eigenvalue weighted by Gasteiger charge is -2.28. The maximum atomic E-state index is 12.7. The third-order valence-corrected chi connectivity index (χ3v) is 5.39. The molecular formula is C22H25N3O4. The number of carbonyl (C=O) groups is 2. The average Bonchev–Trinajstić information content (AvgIpc) is 3.17. The molecule has 7 heteroatoms. The van der Waals surface area contributed by atoms with Gasteiger partial charge in [0.2, 0.25) is 11.8 Å². The minimum absolute atomic E-state index is 0.0435. The highest BCUT2D eigenvalue weighted by molar-refractivity contribution is 6.03. The van der Waals surface area contributed by atoms with E-state index in [1.807, 2.05) is 48.5 Å². The highest BCUT2D eigenvalue weighted by Crippen LogP contribution is 2.28. The van der Waals surface area contributed by atoms with E-state index in [2.05, 4.69) is 10.2 Å². The van der Waals surface area contributed by atoms with E-state index in [-0.39, 0.29) is 24.2 Å². The van der Waals surface area contributed by atoms with E-state index in [1.54, 1.807) is 12.0 Å². The smallest absolute Gasteiger partial charge is 0.229 e. The lowest BCUT2D eigenvalue weighted by molar-refractivity contribution is -0.122. The van der Waals surface area contributed by atoms with Gasteiger partial charge in [-0.3, -0.25) is 9.59 Å². The first-order valence-electron chi connectivity index (χ1n) is 9.82. The first-order valence-corrected chi connectivity index (χ1v) is 9.82. The van der Waals surface area contributed by atoms with Crippen molar-refractivity contribution >= 4 is 28.9 Å². The molecule has 0 aliphatic carbocycles. The van der Waals surface area contributed by atoms with Gasteiger partial charge < -0.3 is 24.6 Å². The van der Waals surface area contributed by atoms with Crippen LogP contribution in [0.25, 0.3) is 0 Å². The summed E-state index contributed by atoms with van der Waals surface area (Å²) in [6.07, 6.45) is 0.212. The number of methoxy groups -OCH3 is 1. The standard InChI is InChI=1S/C22H25N3O4/c1-28-20-8-6-19(7-9-20)25-15-16(14-21(25)26)22(27)23-17-2-4-18(5-3-17)24-10-12-29-13-11-24/h2-9,16H,10-15H2,1H3,(H,23,27)/t16-/m0/s1. The molecule has 2 aromatic carbocycles. The van der Waals surface area contributed by atoms with E-state index in [4.69, 9.17) is 9.47 Å². The first-order chi connectivity index (χ1) is 14.1. The SMILES string of the molecule is COc1ccc(N2C[C@@H](C(=O)Nc3ccc(N4CCOCC4)cc3)CC2=O)cc1. The molecule has 1 atom stereocenters. The third-order valence-electron chi connectivity index (χ3n) is 5.39. The molecule has 1 N–H and O–H groups in total. The van der Waals surface area contributed by atoms with Crippen LogP contribution in [0.1, 0.15) is 6.42 Å². The summed E-state index contributed by atoms with van der Waals surface area (Å²) in [5.41, 5.74) is 2.64. The van der Waals surface area contributed by atoms with Gasteiger partial charge >= 0.3 is 0 Å². The summed E-state index contributed by atoms with van der Waals surface area (Å²) in [5.74, 6) is 0.185. The molecule has 0 aromatic heterocycles. The Morgan fingerprint density at radius 2 is 1.69 bits per heavy atom. The number of nitrogens with one attached hydrogen (secondary N) is 1. The molecule has 152 valence electrons. The number of anilines is 3. The molecule has 0 radical (unpaired) electrons. The van der Waals surface area contributed by atoms with Crippen molar-refractivity contribution < 1.29 is 19.1 Å². The van der Waals surface area contributed by atoms with Crippen LogP contribution in [0, 0.1) is 5.92 Å². The molecule has 0 saturated carbocycles. The number of ether oxygens (including phenoxy) is 2. The number of morpholine rings is 1. The maximum absolute atomic E-state index is 12.7. The topological polar surface area (TPSA) is 71.1 Å². The highest BCUT2D eigenvalue weighted by Gasteiger charge is 2.35. The predicted molar refractivity (Wildman–Crippen MR) is 112 cm³/mol. The van der Waals surface area contributed by atoms with E-state index < -0.39 is 0 Å². The molecule has 2 aliphatic heterocycles. The number of rotatable bonds is 5. The van der Waals surface area contributed by atoms with E-state index in [1.165, 1.54) is 0 Å². The molecule has 2 amide bonds. The Bertz CT molecular complexity index is 861. The monoisotopic (exact) mass is 395 g/mol. The van der Waals surface area contributed by atoms with Crippen molar-refractivity contribution in [3.63, 3.8) is 0 Å². The van der Waals surface area contributed by atoms with E-state index >= 15 is 0 Å². The molecule has 2 fully saturated rings. The predicted octanol–water partition coefficient (Wildman–Crippen LogP) is 2.52. The first kappa shape index (κ1) is 19.3. The van der Waals surface area contributed by atoms with Gasteiger partial charge in [-0.25, -0.2) is 0 Å². The Kier molecular flexibility index (Phi) is 5.67. The Balaban J connectivity index is 1.36. The molecule has 4 rings (SSSR count). The summed E-state index contributed by atoms with van der Waals surface area (Å²) in [7, 11) is 1.60. The van der Waals surface area contributed by atoms with Crippen LogP contribution in [0.15, 0.2) is 48.5 Å². The lowest BCUT2D eigenvalue weighted by Crippen LogP contribution is -2.36. The average molecular weight is 395 g/mol. The second-order valence-corrected chi connectivity index (χ2v) is 7.24. The summed E-state index contributed by atoms with van der Waals surface area (Å²) in [6, 6.07) is 15.1. The van der Waals surface area contributed by atoms with Gasteiger partial charge in [-0.1, -0.05) is 0 Å². The van der Waals surface area contributed by atoms with Crippen LogP contribution in [0.3, 0.4) is 0 Å². The van der Waals surface area contributed by atoms with Gasteiger partial charge in [0.15, 0.2) is 0 Å². The molecule has 0 spiro atoms. The largest absolute Gasteiger partial charge is 0.497 e. The highest BCUT2D eigenvalue weighted by atomic mass is 16.5. The van der Waals surface area contributed by atoms with Gasteiger partial charge in [-0.2, -0.15) is 0 Å². The van der Waals surface area contributed by atoms with Crippen LogP contribution in [0.5, 0.6) is 5.75 Å². The van der Waals surface area contributed by atoms with Crippen molar-refractivity contribution in [2.75, 3.05) is 55.1 Å². The molecule has 29 heavy (non-hydrogen) atoms. The lowest BCUT2D eigenvalue weighted by atomic mass is 10.1. The van der Waals surface area contributed by atoms with E-state index in [0.717, 1.165) is 49.1 Å². The number of benzene rings is 2. The molecule has 0 bridgehead atoms.